The van der Waals surface area contributed by atoms with Crippen LogP contribution in [0.15, 0.2) is 0 Å². The Bertz CT molecular complexity index is 98.0. The molecule has 2 heteroatoms. The van der Waals surface area contributed by atoms with E-state index in [0.717, 1.165) is 6.67 Å². The van der Waals surface area contributed by atoms with Crippen LogP contribution in [-0.4, -0.2) is 20.3 Å². The molecule has 0 unspecified atom stereocenters. The van der Waals surface area contributed by atoms with Gasteiger partial charge in [0, 0.05) is 13.2 Å². The van der Waals surface area contributed by atoms with Gasteiger partial charge in [-0.3, -0.25) is 0 Å². The molecule has 1 fully saturated rings. The minimum atomic E-state index is 0.622. The summed E-state index contributed by atoms with van der Waals surface area (Å²) in [5, 5.41) is 6.44. The van der Waals surface area contributed by atoms with Gasteiger partial charge in [-0.1, -0.05) is 27.2 Å². The average Bonchev–Trinajstić information content (AvgIpc) is 2.06. The fourth-order valence-electron chi connectivity index (χ4n) is 1.45. The Kier molecular flexibility index (Phi) is 6.39. The van der Waals surface area contributed by atoms with Crippen LogP contribution in [0.25, 0.3) is 0 Å². The average molecular weight is 172 g/mol. The second-order valence-corrected chi connectivity index (χ2v) is 3.62. The third kappa shape index (κ3) is 4.07. The molecule has 74 valence electrons. The van der Waals surface area contributed by atoms with Gasteiger partial charge in [-0.2, -0.15) is 0 Å². The van der Waals surface area contributed by atoms with Crippen molar-refractivity contribution in [2.75, 3.05) is 20.3 Å². The van der Waals surface area contributed by atoms with Crippen LogP contribution < -0.4 is 10.6 Å². The predicted octanol–water partition coefficient (Wildman–Crippen LogP) is 1.97. The summed E-state index contributed by atoms with van der Waals surface area (Å²) in [4.78, 5) is 0. The molecular weight excluding hydrogens is 148 g/mol. The first-order valence-electron chi connectivity index (χ1n) is 5.12. The summed E-state index contributed by atoms with van der Waals surface area (Å²) in [7, 11) is 1.97. The summed E-state index contributed by atoms with van der Waals surface area (Å²) in [6.07, 6.45) is 4.24. The third-order valence-electron chi connectivity index (χ3n) is 2.41. The number of nitrogens with one attached hydrogen (secondary N) is 2. The highest BCUT2D eigenvalue weighted by Crippen LogP contribution is 2.39. The third-order valence-corrected chi connectivity index (χ3v) is 2.41. The van der Waals surface area contributed by atoms with Gasteiger partial charge in [0.25, 0.3) is 0 Å². The van der Waals surface area contributed by atoms with E-state index in [1.807, 2.05) is 20.9 Å². The summed E-state index contributed by atoms with van der Waals surface area (Å²) in [5.41, 5.74) is 0.622. The Morgan fingerprint density at radius 1 is 1.25 bits per heavy atom. The van der Waals surface area contributed by atoms with Crippen molar-refractivity contribution in [1.29, 1.82) is 0 Å². The quantitative estimate of drug-likeness (QED) is 0.500. The Labute approximate surface area is 77.1 Å². The zero-order chi connectivity index (χ0) is 9.45. The van der Waals surface area contributed by atoms with E-state index in [2.05, 4.69) is 17.6 Å². The Morgan fingerprint density at radius 2 is 1.83 bits per heavy atom. The lowest BCUT2D eigenvalue weighted by molar-refractivity contribution is 0.156. The van der Waals surface area contributed by atoms with Crippen molar-refractivity contribution in [3.8, 4) is 0 Å². The Balaban J connectivity index is 0.000000561. The molecule has 0 aromatic heterocycles. The molecule has 1 saturated carbocycles. The Hall–Kier alpha value is -0.0800. The number of hydrogen-bond acceptors (Lipinski definition) is 2. The van der Waals surface area contributed by atoms with Crippen LogP contribution in [0.5, 0.6) is 0 Å². The van der Waals surface area contributed by atoms with E-state index >= 15 is 0 Å². The van der Waals surface area contributed by atoms with Crippen LogP contribution in [0.1, 0.15) is 40.0 Å². The van der Waals surface area contributed by atoms with Crippen LogP contribution in [0.3, 0.4) is 0 Å². The van der Waals surface area contributed by atoms with E-state index in [1.165, 1.54) is 25.8 Å². The van der Waals surface area contributed by atoms with Gasteiger partial charge in [0.1, 0.15) is 0 Å². The molecular formula is C10H24N2. The van der Waals surface area contributed by atoms with Gasteiger partial charge < -0.3 is 10.6 Å². The molecule has 0 atom stereocenters. The molecule has 0 aromatic rings. The highest BCUT2D eigenvalue weighted by atomic mass is 15.0. The molecule has 1 aliphatic carbocycles. The van der Waals surface area contributed by atoms with Gasteiger partial charge in [0.2, 0.25) is 0 Å². The van der Waals surface area contributed by atoms with Crippen LogP contribution in [0, 0.1) is 5.41 Å². The van der Waals surface area contributed by atoms with Gasteiger partial charge in [-0.15, -0.1) is 0 Å². The van der Waals surface area contributed by atoms with Crippen LogP contribution in [0.2, 0.25) is 0 Å². The van der Waals surface area contributed by atoms with Crippen LogP contribution in [0.4, 0.5) is 0 Å². The summed E-state index contributed by atoms with van der Waals surface area (Å²) in [6, 6.07) is 0. The minimum absolute atomic E-state index is 0.622. The molecule has 0 bridgehead atoms. The van der Waals surface area contributed by atoms with E-state index in [4.69, 9.17) is 0 Å². The molecule has 0 heterocycles. The Morgan fingerprint density at radius 3 is 2.17 bits per heavy atom. The van der Waals surface area contributed by atoms with E-state index in [1.54, 1.807) is 0 Å². The lowest BCUT2D eigenvalue weighted by atomic mass is 9.70. The summed E-state index contributed by atoms with van der Waals surface area (Å²) >= 11 is 0. The first-order chi connectivity index (χ1) is 5.77. The summed E-state index contributed by atoms with van der Waals surface area (Å²) in [6.45, 7) is 8.47. The first-order valence-corrected chi connectivity index (χ1v) is 5.12. The van der Waals surface area contributed by atoms with Crippen molar-refractivity contribution in [2.45, 2.75) is 40.0 Å². The van der Waals surface area contributed by atoms with Gasteiger partial charge >= 0.3 is 0 Å². The molecule has 0 aliphatic heterocycles. The molecule has 2 nitrogen and oxygen atoms in total. The highest BCUT2D eigenvalue weighted by Gasteiger charge is 2.30. The molecule has 12 heavy (non-hydrogen) atoms. The van der Waals surface area contributed by atoms with Crippen molar-refractivity contribution in [1.82, 2.24) is 10.6 Å². The van der Waals surface area contributed by atoms with Gasteiger partial charge in [-0.25, -0.2) is 0 Å². The van der Waals surface area contributed by atoms with Gasteiger partial charge in [0.15, 0.2) is 0 Å². The zero-order valence-electron chi connectivity index (χ0n) is 9.04. The molecule has 2 N–H and O–H groups in total. The lowest BCUT2D eigenvalue weighted by Gasteiger charge is -2.38. The second kappa shape index (κ2) is 6.44. The smallest absolute Gasteiger partial charge is 0.0451 e. The van der Waals surface area contributed by atoms with Gasteiger partial charge in [-0.05, 0) is 25.3 Å². The number of hydrogen-bond donors (Lipinski definition) is 2. The van der Waals surface area contributed by atoms with Crippen molar-refractivity contribution in [3.63, 3.8) is 0 Å². The predicted molar refractivity (Wildman–Crippen MR) is 55.2 cm³/mol. The molecule has 0 spiro atoms. The fourth-order valence-corrected chi connectivity index (χ4v) is 1.45. The topological polar surface area (TPSA) is 24.1 Å². The molecule has 0 radical (unpaired) electrons. The summed E-state index contributed by atoms with van der Waals surface area (Å²) < 4.78 is 0. The van der Waals surface area contributed by atoms with E-state index < -0.39 is 0 Å². The first kappa shape index (κ1) is 11.9. The van der Waals surface area contributed by atoms with Crippen molar-refractivity contribution in [2.24, 2.45) is 5.41 Å². The lowest BCUT2D eigenvalue weighted by Crippen LogP contribution is -2.40. The minimum Gasteiger partial charge on any atom is -0.308 e. The van der Waals surface area contributed by atoms with E-state index in [-0.39, 0.29) is 0 Å². The van der Waals surface area contributed by atoms with Crippen LogP contribution in [-0.2, 0) is 0 Å². The van der Waals surface area contributed by atoms with E-state index in [0.29, 0.717) is 5.41 Å². The standard InChI is InChI=1S/C8H18N2.C2H6/c1-8(4-3-5-8)6-10-7-9-2;1-2/h9-10H,3-7H2,1-2H3;1-2H3. The molecule has 0 amide bonds. The molecule has 0 saturated heterocycles. The summed E-state index contributed by atoms with van der Waals surface area (Å²) in [5.74, 6) is 0. The highest BCUT2D eigenvalue weighted by molar-refractivity contribution is 4.84. The number of rotatable bonds is 4. The molecule has 1 rings (SSSR count). The zero-order valence-corrected chi connectivity index (χ0v) is 9.04. The maximum Gasteiger partial charge on any atom is 0.0451 e. The monoisotopic (exact) mass is 172 g/mol. The maximum atomic E-state index is 3.37. The van der Waals surface area contributed by atoms with Crippen molar-refractivity contribution < 1.29 is 0 Å². The fraction of sp³-hybridized carbons (Fsp3) is 1.00. The van der Waals surface area contributed by atoms with Crippen molar-refractivity contribution >= 4 is 0 Å². The van der Waals surface area contributed by atoms with E-state index in [9.17, 15) is 0 Å². The molecule has 0 aromatic carbocycles. The van der Waals surface area contributed by atoms with Crippen molar-refractivity contribution in [3.05, 3.63) is 0 Å². The SMILES string of the molecule is CC.CNCNCC1(C)CCC1. The maximum absolute atomic E-state index is 3.37. The largest absolute Gasteiger partial charge is 0.308 e. The second-order valence-electron chi connectivity index (χ2n) is 3.62. The van der Waals surface area contributed by atoms with Crippen LogP contribution >= 0.6 is 0 Å². The normalized spacial score (nSPS) is 19.0. The molecule has 1 aliphatic rings. The van der Waals surface area contributed by atoms with Gasteiger partial charge in [0.05, 0.1) is 0 Å².